The smallest absolute Gasteiger partial charge is 0.322 e. The Morgan fingerprint density at radius 2 is 1.67 bits per heavy atom. The maximum absolute atomic E-state index is 12.5. The summed E-state index contributed by atoms with van der Waals surface area (Å²) in [5.74, 6) is -1.28. The van der Waals surface area contributed by atoms with E-state index >= 15 is 0 Å². The number of hydrogen-bond acceptors (Lipinski definition) is 5. The van der Waals surface area contributed by atoms with Crippen LogP contribution in [0.4, 0.5) is 10.5 Å². The SMILES string of the molecule is CC[C@@]1(C)NC(=O)N(NC(=O)c2ccc(S(=O)(=O)Nc3ccc(C)cc3)cc2)C1=O. The lowest BCUT2D eigenvalue weighted by Crippen LogP contribution is -2.48. The van der Waals surface area contributed by atoms with Crippen LogP contribution in [-0.2, 0) is 14.8 Å². The van der Waals surface area contributed by atoms with E-state index in [0.29, 0.717) is 17.1 Å². The minimum absolute atomic E-state index is 0.0341. The van der Waals surface area contributed by atoms with Gasteiger partial charge in [-0.15, -0.1) is 0 Å². The van der Waals surface area contributed by atoms with Gasteiger partial charge in [-0.2, -0.15) is 5.01 Å². The highest BCUT2D eigenvalue weighted by molar-refractivity contribution is 7.92. The summed E-state index contributed by atoms with van der Waals surface area (Å²) >= 11 is 0. The van der Waals surface area contributed by atoms with E-state index in [-0.39, 0.29) is 10.5 Å². The molecule has 0 radical (unpaired) electrons. The number of aryl methyl sites for hydroxylation is 1. The summed E-state index contributed by atoms with van der Waals surface area (Å²) in [6, 6.07) is 11.3. The number of nitrogens with zero attached hydrogens (tertiary/aromatic N) is 1. The number of carbonyl (C=O) groups is 3. The van der Waals surface area contributed by atoms with Gasteiger partial charge in [-0.25, -0.2) is 13.2 Å². The molecule has 158 valence electrons. The van der Waals surface area contributed by atoms with Crippen molar-refractivity contribution in [1.82, 2.24) is 15.8 Å². The molecule has 4 amide bonds. The Hall–Kier alpha value is -3.40. The van der Waals surface area contributed by atoms with Crippen molar-refractivity contribution < 1.29 is 22.8 Å². The summed E-state index contributed by atoms with van der Waals surface area (Å²) in [5, 5.41) is 3.16. The average molecular weight is 430 g/mol. The fraction of sp³-hybridized carbons (Fsp3) is 0.250. The molecule has 1 saturated heterocycles. The molecule has 2 aromatic carbocycles. The Balaban J connectivity index is 1.72. The molecule has 1 atom stereocenters. The van der Waals surface area contributed by atoms with Gasteiger partial charge in [0.25, 0.3) is 21.8 Å². The number of urea groups is 1. The van der Waals surface area contributed by atoms with Gasteiger partial charge in [0.2, 0.25) is 0 Å². The highest BCUT2D eigenvalue weighted by Gasteiger charge is 2.47. The summed E-state index contributed by atoms with van der Waals surface area (Å²) in [5.41, 5.74) is 2.68. The molecular weight excluding hydrogens is 408 g/mol. The van der Waals surface area contributed by atoms with Gasteiger partial charge >= 0.3 is 6.03 Å². The second-order valence-electron chi connectivity index (χ2n) is 7.19. The van der Waals surface area contributed by atoms with E-state index in [1.807, 2.05) is 6.92 Å². The molecule has 3 N–H and O–H groups in total. The Bertz CT molecular complexity index is 1100. The summed E-state index contributed by atoms with van der Waals surface area (Å²) in [7, 11) is -3.84. The second-order valence-corrected chi connectivity index (χ2v) is 8.88. The minimum atomic E-state index is -3.84. The molecule has 30 heavy (non-hydrogen) atoms. The fourth-order valence-electron chi connectivity index (χ4n) is 2.81. The van der Waals surface area contributed by atoms with Gasteiger partial charge in [-0.3, -0.25) is 19.7 Å². The van der Waals surface area contributed by atoms with Crippen molar-refractivity contribution in [2.75, 3.05) is 4.72 Å². The fourth-order valence-corrected chi connectivity index (χ4v) is 3.87. The molecule has 2 aromatic rings. The van der Waals surface area contributed by atoms with Crippen molar-refractivity contribution in [3.63, 3.8) is 0 Å². The lowest BCUT2D eigenvalue weighted by Gasteiger charge is -2.19. The van der Waals surface area contributed by atoms with E-state index in [1.165, 1.54) is 24.3 Å². The van der Waals surface area contributed by atoms with Crippen LogP contribution >= 0.6 is 0 Å². The van der Waals surface area contributed by atoms with Crippen molar-refractivity contribution >= 4 is 33.6 Å². The van der Waals surface area contributed by atoms with Crippen molar-refractivity contribution in [3.8, 4) is 0 Å². The number of rotatable bonds is 6. The van der Waals surface area contributed by atoms with Crippen LogP contribution in [0, 0.1) is 6.92 Å². The monoisotopic (exact) mass is 430 g/mol. The topological polar surface area (TPSA) is 125 Å². The van der Waals surface area contributed by atoms with Gasteiger partial charge in [0.05, 0.1) is 4.90 Å². The first-order valence-corrected chi connectivity index (χ1v) is 10.7. The maximum atomic E-state index is 12.5. The zero-order chi connectivity index (χ0) is 22.1. The summed E-state index contributed by atoms with van der Waals surface area (Å²) in [6.45, 7) is 5.21. The third-order valence-electron chi connectivity index (χ3n) is 4.91. The van der Waals surface area contributed by atoms with Crippen LogP contribution in [0.25, 0.3) is 0 Å². The van der Waals surface area contributed by atoms with Crippen molar-refractivity contribution in [1.29, 1.82) is 0 Å². The predicted molar refractivity (Wildman–Crippen MR) is 110 cm³/mol. The molecule has 0 unspecified atom stereocenters. The van der Waals surface area contributed by atoms with E-state index < -0.39 is 33.4 Å². The number of hydrogen-bond donors (Lipinski definition) is 3. The van der Waals surface area contributed by atoms with Crippen molar-refractivity contribution in [2.45, 2.75) is 37.6 Å². The third kappa shape index (κ3) is 4.13. The molecule has 9 nitrogen and oxygen atoms in total. The second kappa shape index (κ2) is 7.79. The number of anilines is 1. The summed E-state index contributed by atoms with van der Waals surface area (Å²) < 4.78 is 27.5. The minimum Gasteiger partial charge on any atom is -0.322 e. The van der Waals surface area contributed by atoms with Crippen LogP contribution in [0.2, 0.25) is 0 Å². The van der Waals surface area contributed by atoms with Gasteiger partial charge in [0.1, 0.15) is 5.54 Å². The van der Waals surface area contributed by atoms with E-state index in [1.54, 1.807) is 38.1 Å². The van der Waals surface area contributed by atoms with Crippen molar-refractivity contribution in [3.05, 3.63) is 59.7 Å². The largest absolute Gasteiger partial charge is 0.344 e. The van der Waals surface area contributed by atoms with E-state index in [9.17, 15) is 22.8 Å². The number of benzene rings is 2. The molecule has 1 aliphatic heterocycles. The molecule has 3 rings (SSSR count). The van der Waals surface area contributed by atoms with Crippen LogP contribution in [0.5, 0.6) is 0 Å². The van der Waals surface area contributed by atoms with Crippen LogP contribution in [0.15, 0.2) is 53.4 Å². The van der Waals surface area contributed by atoms with Gasteiger partial charge in [0.15, 0.2) is 0 Å². The molecule has 0 aliphatic carbocycles. The van der Waals surface area contributed by atoms with E-state index in [4.69, 9.17) is 0 Å². The summed E-state index contributed by atoms with van der Waals surface area (Å²) in [4.78, 5) is 36.7. The zero-order valence-electron chi connectivity index (χ0n) is 16.7. The predicted octanol–water partition coefficient (Wildman–Crippen LogP) is 2.16. The van der Waals surface area contributed by atoms with E-state index in [0.717, 1.165) is 5.56 Å². The summed E-state index contributed by atoms with van der Waals surface area (Å²) in [6.07, 6.45) is 0.366. The van der Waals surface area contributed by atoms with Gasteiger partial charge in [-0.05, 0) is 56.7 Å². The number of nitrogens with one attached hydrogen (secondary N) is 3. The lowest BCUT2D eigenvalue weighted by atomic mass is 10.00. The van der Waals surface area contributed by atoms with Crippen LogP contribution in [-0.4, -0.2) is 36.8 Å². The molecule has 0 aromatic heterocycles. The van der Waals surface area contributed by atoms with Crippen LogP contribution in [0.1, 0.15) is 36.2 Å². The van der Waals surface area contributed by atoms with Gasteiger partial charge in [0, 0.05) is 11.3 Å². The number of sulfonamides is 1. The first-order chi connectivity index (χ1) is 14.1. The Morgan fingerprint density at radius 1 is 1.07 bits per heavy atom. The zero-order valence-corrected chi connectivity index (χ0v) is 17.5. The maximum Gasteiger partial charge on any atom is 0.344 e. The van der Waals surface area contributed by atoms with Crippen molar-refractivity contribution in [2.24, 2.45) is 0 Å². The normalized spacial score (nSPS) is 18.8. The highest BCUT2D eigenvalue weighted by atomic mass is 32.2. The molecule has 0 spiro atoms. The molecule has 10 heteroatoms. The number of carbonyl (C=O) groups excluding carboxylic acids is 3. The Morgan fingerprint density at radius 3 is 2.20 bits per heavy atom. The molecule has 1 fully saturated rings. The molecular formula is C20H22N4O5S. The van der Waals surface area contributed by atoms with Gasteiger partial charge in [-0.1, -0.05) is 24.6 Å². The lowest BCUT2D eigenvalue weighted by molar-refractivity contribution is -0.132. The third-order valence-corrected chi connectivity index (χ3v) is 6.31. The van der Waals surface area contributed by atoms with E-state index in [2.05, 4.69) is 15.5 Å². The molecule has 1 aliphatic rings. The average Bonchev–Trinajstić information content (AvgIpc) is 2.93. The number of hydrazine groups is 1. The van der Waals surface area contributed by atoms with Crippen LogP contribution < -0.4 is 15.5 Å². The van der Waals surface area contributed by atoms with Gasteiger partial charge < -0.3 is 5.32 Å². The van der Waals surface area contributed by atoms with Crippen LogP contribution in [0.3, 0.4) is 0 Å². The Kier molecular flexibility index (Phi) is 5.53. The number of imide groups is 1. The first-order valence-electron chi connectivity index (χ1n) is 9.23. The highest BCUT2D eigenvalue weighted by Crippen LogP contribution is 2.20. The quantitative estimate of drug-likeness (QED) is 0.606. The molecule has 0 saturated carbocycles. The number of amides is 4. The Labute approximate surface area is 174 Å². The first kappa shape index (κ1) is 21.3. The molecule has 1 heterocycles. The molecule has 0 bridgehead atoms. The standard InChI is InChI=1S/C20H22N4O5S/c1-4-20(3)18(26)24(19(27)21-20)22-17(25)14-7-11-16(12-8-14)30(28,29)23-15-9-5-13(2)6-10-15/h5-12,23H,4H2,1-3H3,(H,21,27)(H,22,25)/t20-/m1/s1.